The van der Waals surface area contributed by atoms with Crippen molar-refractivity contribution in [3.8, 4) is 0 Å². The van der Waals surface area contributed by atoms with Crippen LogP contribution in [0.2, 0.25) is 0 Å². The van der Waals surface area contributed by atoms with Crippen molar-refractivity contribution >= 4 is 16.2 Å². The van der Waals surface area contributed by atoms with E-state index >= 15 is 0 Å². The monoisotopic (exact) mass is 293 g/mol. The van der Waals surface area contributed by atoms with Crippen molar-refractivity contribution in [1.29, 1.82) is 0 Å². The molecule has 0 aromatic rings. The largest absolute Gasteiger partial charge is 0.465 e. The second-order valence-corrected chi connectivity index (χ2v) is 7.88. The molecule has 1 fully saturated rings. The number of nitrogens with zero attached hydrogens (tertiary/aromatic N) is 1. The topological polar surface area (TPSA) is 83.9 Å². The maximum absolute atomic E-state index is 11.2. The summed E-state index contributed by atoms with van der Waals surface area (Å²) in [6.45, 7) is 6.54. The molecule has 2 unspecified atom stereocenters. The Morgan fingerprint density at radius 2 is 2.00 bits per heavy atom. The molecule has 1 saturated heterocycles. The third-order valence-corrected chi connectivity index (χ3v) is 4.04. The van der Waals surface area contributed by atoms with Crippen molar-refractivity contribution in [2.75, 3.05) is 19.4 Å². The van der Waals surface area contributed by atoms with Gasteiger partial charge in [0.25, 0.3) is 10.1 Å². The zero-order chi connectivity index (χ0) is 14.8. The van der Waals surface area contributed by atoms with Gasteiger partial charge in [-0.15, -0.1) is 0 Å². The molecule has 0 aromatic heterocycles. The van der Waals surface area contributed by atoms with E-state index in [2.05, 4.69) is 0 Å². The second kappa shape index (κ2) is 5.66. The summed E-state index contributed by atoms with van der Waals surface area (Å²) in [7, 11) is -3.44. The van der Waals surface area contributed by atoms with Gasteiger partial charge in [-0.2, -0.15) is 8.42 Å². The summed E-state index contributed by atoms with van der Waals surface area (Å²) in [4.78, 5) is 12.7. The van der Waals surface area contributed by atoms with E-state index in [-0.39, 0.29) is 24.0 Å². The minimum absolute atomic E-state index is 0.0783. The van der Waals surface area contributed by atoms with Gasteiger partial charge in [-0.3, -0.25) is 4.18 Å². The lowest BCUT2D eigenvalue weighted by Gasteiger charge is -2.44. The van der Waals surface area contributed by atoms with Crippen LogP contribution in [0, 0.1) is 11.3 Å². The van der Waals surface area contributed by atoms with Gasteiger partial charge in [0.2, 0.25) is 0 Å². The molecule has 1 aliphatic rings. The maximum Gasteiger partial charge on any atom is 0.407 e. The first-order chi connectivity index (χ1) is 8.50. The van der Waals surface area contributed by atoms with Gasteiger partial charge in [0.1, 0.15) is 0 Å². The lowest BCUT2D eigenvalue weighted by Crippen LogP contribution is -2.52. The summed E-state index contributed by atoms with van der Waals surface area (Å²) in [5.41, 5.74) is -0.178. The predicted molar refractivity (Wildman–Crippen MR) is 71.5 cm³/mol. The molecule has 6 nitrogen and oxygen atoms in total. The van der Waals surface area contributed by atoms with Crippen molar-refractivity contribution in [1.82, 2.24) is 4.90 Å². The summed E-state index contributed by atoms with van der Waals surface area (Å²) >= 11 is 0. The molecular weight excluding hydrogens is 270 g/mol. The first kappa shape index (κ1) is 16.2. The third kappa shape index (κ3) is 4.99. The average Bonchev–Trinajstić information content (AvgIpc) is 2.23. The molecule has 1 heterocycles. The molecule has 1 aliphatic heterocycles. The van der Waals surface area contributed by atoms with E-state index in [1.54, 1.807) is 0 Å². The number of rotatable bonds is 3. The van der Waals surface area contributed by atoms with Gasteiger partial charge in [-0.25, -0.2) is 4.79 Å². The quantitative estimate of drug-likeness (QED) is 0.802. The zero-order valence-electron chi connectivity index (χ0n) is 11.9. The Labute approximate surface area is 114 Å². The van der Waals surface area contributed by atoms with Crippen molar-refractivity contribution in [3.05, 3.63) is 0 Å². The molecule has 7 heteroatoms. The molecule has 2 atom stereocenters. The standard InChI is InChI=1S/C12H23NO5S/c1-12(2,3)10-7-9(8-18-19(4,16)17)5-6-13(10)11(14)15/h9-10H,5-8H2,1-4H3,(H,14,15). The molecule has 0 spiro atoms. The fourth-order valence-corrected chi connectivity index (χ4v) is 2.90. The summed E-state index contributed by atoms with van der Waals surface area (Å²) in [6, 6.07) is -0.119. The van der Waals surface area contributed by atoms with Crippen LogP contribution in [-0.2, 0) is 14.3 Å². The normalized spacial score (nSPS) is 25.4. The van der Waals surface area contributed by atoms with Crippen molar-refractivity contribution < 1.29 is 22.5 Å². The molecular formula is C12H23NO5S. The second-order valence-electron chi connectivity index (χ2n) is 6.24. The highest BCUT2D eigenvalue weighted by atomic mass is 32.2. The minimum Gasteiger partial charge on any atom is -0.465 e. The number of hydrogen-bond acceptors (Lipinski definition) is 4. The Bertz CT molecular complexity index is 426. The van der Waals surface area contributed by atoms with Gasteiger partial charge in [0.05, 0.1) is 12.9 Å². The summed E-state index contributed by atoms with van der Waals surface area (Å²) < 4.78 is 26.8. The molecule has 112 valence electrons. The molecule has 0 bridgehead atoms. The summed E-state index contributed by atoms with van der Waals surface area (Å²) in [6.07, 6.45) is 1.38. The first-order valence-electron chi connectivity index (χ1n) is 6.34. The van der Waals surface area contributed by atoms with E-state index < -0.39 is 16.2 Å². The molecule has 19 heavy (non-hydrogen) atoms. The predicted octanol–water partition coefficient (Wildman–Crippen LogP) is 1.77. The van der Waals surface area contributed by atoms with E-state index in [9.17, 15) is 18.3 Å². The number of carbonyl (C=O) groups is 1. The van der Waals surface area contributed by atoms with Crippen LogP contribution in [0.25, 0.3) is 0 Å². The lowest BCUT2D eigenvalue weighted by molar-refractivity contribution is 0.0309. The van der Waals surface area contributed by atoms with Gasteiger partial charge < -0.3 is 10.0 Å². The molecule has 0 saturated carbocycles. The van der Waals surface area contributed by atoms with Gasteiger partial charge in [0, 0.05) is 12.6 Å². The van der Waals surface area contributed by atoms with Crippen LogP contribution in [0.15, 0.2) is 0 Å². The Balaban J connectivity index is 2.71. The Hall–Kier alpha value is -0.820. The average molecular weight is 293 g/mol. The molecule has 0 radical (unpaired) electrons. The van der Waals surface area contributed by atoms with Crippen molar-refractivity contribution in [3.63, 3.8) is 0 Å². The van der Waals surface area contributed by atoms with Crippen LogP contribution < -0.4 is 0 Å². The van der Waals surface area contributed by atoms with E-state index in [0.29, 0.717) is 19.4 Å². The van der Waals surface area contributed by atoms with E-state index in [1.807, 2.05) is 20.8 Å². The van der Waals surface area contributed by atoms with Crippen molar-refractivity contribution in [2.45, 2.75) is 39.7 Å². The van der Waals surface area contributed by atoms with Crippen LogP contribution in [0.3, 0.4) is 0 Å². The van der Waals surface area contributed by atoms with Crippen LogP contribution in [-0.4, -0.2) is 50.0 Å². The van der Waals surface area contributed by atoms with E-state index in [1.165, 1.54) is 4.90 Å². The zero-order valence-corrected chi connectivity index (χ0v) is 12.7. The molecule has 1 N–H and O–H groups in total. The van der Waals surface area contributed by atoms with Crippen LogP contribution >= 0.6 is 0 Å². The number of hydrogen-bond donors (Lipinski definition) is 1. The number of piperidine rings is 1. The van der Waals surface area contributed by atoms with Crippen molar-refractivity contribution in [2.24, 2.45) is 11.3 Å². The third-order valence-electron chi connectivity index (χ3n) is 3.47. The molecule has 0 aromatic carbocycles. The SMILES string of the molecule is CC(C)(C)C1CC(COS(C)(=O)=O)CCN1C(=O)O. The van der Waals surface area contributed by atoms with Gasteiger partial charge in [-0.05, 0) is 24.2 Å². The smallest absolute Gasteiger partial charge is 0.407 e. The highest BCUT2D eigenvalue weighted by Crippen LogP contribution is 2.34. The van der Waals surface area contributed by atoms with E-state index in [4.69, 9.17) is 4.18 Å². The van der Waals surface area contributed by atoms with E-state index in [0.717, 1.165) is 6.26 Å². The number of likely N-dealkylation sites (tertiary alicyclic amines) is 1. The highest BCUT2D eigenvalue weighted by Gasteiger charge is 2.38. The molecule has 1 amide bonds. The fourth-order valence-electron chi connectivity index (χ4n) is 2.46. The fraction of sp³-hybridized carbons (Fsp3) is 0.917. The Kier molecular flexibility index (Phi) is 4.84. The Morgan fingerprint density at radius 3 is 2.42 bits per heavy atom. The minimum atomic E-state index is -3.44. The summed E-state index contributed by atoms with van der Waals surface area (Å²) in [5.74, 6) is 0.0783. The number of carboxylic acid groups (broad SMARTS) is 1. The van der Waals surface area contributed by atoms with Gasteiger partial charge >= 0.3 is 6.09 Å². The Morgan fingerprint density at radius 1 is 1.42 bits per heavy atom. The van der Waals surface area contributed by atoms with Crippen LogP contribution in [0.4, 0.5) is 4.79 Å². The highest BCUT2D eigenvalue weighted by molar-refractivity contribution is 7.85. The van der Waals surface area contributed by atoms with Gasteiger partial charge in [-0.1, -0.05) is 20.8 Å². The maximum atomic E-state index is 11.2. The first-order valence-corrected chi connectivity index (χ1v) is 8.16. The molecule has 0 aliphatic carbocycles. The number of amides is 1. The lowest BCUT2D eigenvalue weighted by atomic mass is 9.77. The van der Waals surface area contributed by atoms with Crippen LogP contribution in [0.5, 0.6) is 0 Å². The summed E-state index contributed by atoms with van der Waals surface area (Å²) in [5, 5.41) is 9.22. The molecule has 1 rings (SSSR count). The van der Waals surface area contributed by atoms with Gasteiger partial charge in [0.15, 0.2) is 0 Å². The van der Waals surface area contributed by atoms with Crippen LogP contribution in [0.1, 0.15) is 33.6 Å².